The van der Waals surface area contributed by atoms with Crippen LogP contribution in [0.2, 0.25) is 0 Å². The molecule has 1 aromatic carbocycles. The fourth-order valence-corrected chi connectivity index (χ4v) is 3.46. The van der Waals surface area contributed by atoms with Crippen LogP contribution in [0.3, 0.4) is 0 Å². The van der Waals surface area contributed by atoms with Gasteiger partial charge in [0, 0.05) is 12.0 Å². The molecule has 3 nitrogen and oxygen atoms in total. The van der Waals surface area contributed by atoms with Crippen LogP contribution in [0.4, 0.5) is 0 Å². The summed E-state index contributed by atoms with van der Waals surface area (Å²) in [6.45, 7) is 4.42. The lowest BCUT2D eigenvalue weighted by atomic mass is 9.91. The minimum Gasteiger partial charge on any atom is -0.497 e. The second kappa shape index (κ2) is 3.96. The van der Waals surface area contributed by atoms with Gasteiger partial charge in [-0.25, -0.2) is 4.98 Å². The number of rotatable bonds is 2. The van der Waals surface area contributed by atoms with Gasteiger partial charge in [-0.05, 0) is 31.2 Å². The highest BCUT2D eigenvalue weighted by Crippen LogP contribution is 2.36. The molecule has 0 amide bonds. The summed E-state index contributed by atoms with van der Waals surface area (Å²) in [6, 6.07) is 6.09. The monoisotopic (exact) mass is 248 g/mol. The van der Waals surface area contributed by atoms with Crippen molar-refractivity contribution in [2.75, 3.05) is 20.2 Å². The minimum atomic E-state index is 0.205. The van der Waals surface area contributed by atoms with Gasteiger partial charge in [-0.15, -0.1) is 11.3 Å². The summed E-state index contributed by atoms with van der Waals surface area (Å²) in [5.41, 5.74) is 1.29. The predicted octanol–water partition coefficient (Wildman–Crippen LogP) is 2.56. The molecule has 0 radical (unpaired) electrons. The van der Waals surface area contributed by atoms with E-state index in [0.29, 0.717) is 0 Å². The molecule has 17 heavy (non-hydrogen) atoms. The normalized spacial score (nSPS) is 24.4. The Bertz CT molecular complexity index is 543. The van der Waals surface area contributed by atoms with Crippen molar-refractivity contribution in [3.05, 3.63) is 23.2 Å². The number of nitrogens with zero attached hydrogens (tertiary/aromatic N) is 1. The first kappa shape index (κ1) is 11.0. The topological polar surface area (TPSA) is 34.1 Å². The van der Waals surface area contributed by atoms with Gasteiger partial charge in [0.25, 0.3) is 0 Å². The zero-order chi connectivity index (χ0) is 11.9. The fraction of sp³-hybridized carbons (Fsp3) is 0.462. The summed E-state index contributed by atoms with van der Waals surface area (Å²) in [4.78, 5) is 4.76. The Morgan fingerprint density at radius 1 is 1.47 bits per heavy atom. The molecule has 0 bridgehead atoms. The SMILES string of the molecule is COc1ccc2nc(C3(C)CCNC3)sc2c1. The van der Waals surface area contributed by atoms with E-state index in [-0.39, 0.29) is 5.41 Å². The maximum absolute atomic E-state index is 5.25. The Morgan fingerprint density at radius 3 is 3.06 bits per heavy atom. The van der Waals surface area contributed by atoms with Crippen LogP contribution < -0.4 is 10.1 Å². The van der Waals surface area contributed by atoms with Crippen molar-refractivity contribution in [1.82, 2.24) is 10.3 Å². The minimum absolute atomic E-state index is 0.205. The number of aromatic nitrogens is 1. The highest BCUT2D eigenvalue weighted by atomic mass is 32.1. The first-order chi connectivity index (χ1) is 8.21. The molecular weight excluding hydrogens is 232 g/mol. The summed E-state index contributed by atoms with van der Waals surface area (Å²) in [7, 11) is 1.70. The van der Waals surface area contributed by atoms with E-state index in [0.717, 1.165) is 24.4 Å². The molecule has 1 saturated heterocycles. The highest BCUT2D eigenvalue weighted by Gasteiger charge is 2.33. The Morgan fingerprint density at radius 2 is 2.35 bits per heavy atom. The van der Waals surface area contributed by atoms with Gasteiger partial charge in [0.1, 0.15) is 10.8 Å². The number of benzene rings is 1. The Kier molecular flexibility index (Phi) is 2.56. The zero-order valence-electron chi connectivity index (χ0n) is 10.1. The zero-order valence-corrected chi connectivity index (χ0v) is 10.9. The van der Waals surface area contributed by atoms with E-state index >= 15 is 0 Å². The van der Waals surface area contributed by atoms with E-state index in [2.05, 4.69) is 18.3 Å². The van der Waals surface area contributed by atoms with Crippen LogP contribution in [-0.4, -0.2) is 25.2 Å². The summed E-state index contributed by atoms with van der Waals surface area (Å²) < 4.78 is 6.46. The van der Waals surface area contributed by atoms with Crippen LogP contribution in [0.25, 0.3) is 10.2 Å². The largest absolute Gasteiger partial charge is 0.497 e. The molecule has 1 aliphatic rings. The molecule has 90 valence electrons. The molecule has 1 N–H and O–H groups in total. The number of hydrogen-bond donors (Lipinski definition) is 1. The van der Waals surface area contributed by atoms with Crippen molar-refractivity contribution < 1.29 is 4.74 Å². The van der Waals surface area contributed by atoms with E-state index in [1.54, 1.807) is 18.4 Å². The maximum Gasteiger partial charge on any atom is 0.120 e. The van der Waals surface area contributed by atoms with Gasteiger partial charge in [-0.2, -0.15) is 0 Å². The smallest absolute Gasteiger partial charge is 0.120 e. The third-order valence-electron chi connectivity index (χ3n) is 3.48. The Labute approximate surface area is 105 Å². The first-order valence-corrected chi connectivity index (χ1v) is 6.69. The van der Waals surface area contributed by atoms with Gasteiger partial charge in [0.05, 0.1) is 17.3 Å². The van der Waals surface area contributed by atoms with Crippen LogP contribution in [0.15, 0.2) is 18.2 Å². The van der Waals surface area contributed by atoms with Crippen molar-refractivity contribution in [2.45, 2.75) is 18.8 Å². The summed E-state index contributed by atoms with van der Waals surface area (Å²) in [5, 5.41) is 4.66. The van der Waals surface area contributed by atoms with Gasteiger partial charge < -0.3 is 10.1 Å². The number of ether oxygens (including phenoxy) is 1. The van der Waals surface area contributed by atoms with Crippen molar-refractivity contribution in [3.63, 3.8) is 0 Å². The van der Waals surface area contributed by atoms with E-state index in [9.17, 15) is 0 Å². The number of nitrogens with one attached hydrogen (secondary N) is 1. The number of fused-ring (bicyclic) bond motifs is 1. The lowest BCUT2D eigenvalue weighted by Crippen LogP contribution is -2.24. The predicted molar refractivity (Wildman–Crippen MR) is 71.0 cm³/mol. The van der Waals surface area contributed by atoms with Gasteiger partial charge in [0.15, 0.2) is 0 Å². The number of thiazole rings is 1. The maximum atomic E-state index is 5.25. The summed E-state index contributed by atoms with van der Waals surface area (Å²) in [6.07, 6.45) is 1.17. The molecular formula is C13H16N2OS. The number of hydrogen-bond acceptors (Lipinski definition) is 4. The Balaban J connectivity index is 2.07. The van der Waals surface area contributed by atoms with Crippen LogP contribution in [0.5, 0.6) is 5.75 Å². The van der Waals surface area contributed by atoms with E-state index in [1.165, 1.54) is 16.1 Å². The van der Waals surface area contributed by atoms with Gasteiger partial charge in [-0.3, -0.25) is 0 Å². The van der Waals surface area contributed by atoms with Crippen molar-refractivity contribution in [2.24, 2.45) is 0 Å². The molecule has 0 spiro atoms. The fourth-order valence-electron chi connectivity index (χ4n) is 2.29. The standard InChI is InChI=1S/C13H16N2OS/c1-13(5-6-14-8-13)12-15-10-4-3-9(16-2)7-11(10)17-12/h3-4,7,14H,5-6,8H2,1-2H3. The molecule has 4 heteroatoms. The molecule has 0 saturated carbocycles. The van der Waals surface area contributed by atoms with Crippen LogP contribution in [0.1, 0.15) is 18.4 Å². The van der Waals surface area contributed by atoms with E-state index in [4.69, 9.17) is 9.72 Å². The molecule has 3 rings (SSSR count). The second-order valence-corrected chi connectivity index (χ2v) is 5.87. The third kappa shape index (κ3) is 1.81. The van der Waals surface area contributed by atoms with E-state index < -0.39 is 0 Å². The van der Waals surface area contributed by atoms with Crippen LogP contribution in [-0.2, 0) is 5.41 Å². The second-order valence-electron chi connectivity index (χ2n) is 4.84. The molecule has 0 aliphatic carbocycles. The van der Waals surface area contributed by atoms with Gasteiger partial charge >= 0.3 is 0 Å². The third-order valence-corrected chi connectivity index (χ3v) is 4.80. The lowest BCUT2D eigenvalue weighted by Gasteiger charge is -2.18. The average Bonchev–Trinajstić information content (AvgIpc) is 2.94. The first-order valence-electron chi connectivity index (χ1n) is 5.87. The molecule has 1 unspecified atom stereocenters. The van der Waals surface area contributed by atoms with Crippen molar-refractivity contribution >= 4 is 21.6 Å². The van der Waals surface area contributed by atoms with Gasteiger partial charge in [-0.1, -0.05) is 6.92 Å². The lowest BCUT2D eigenvalue weighted by molar-refractivity contribution is 0.415. The molecule has 2 aromatic rings. The van der Waals surface area contributed by atoms with E-state index in [1.807, 2.05) is 12.1 Å². The van der Waals surface area contributed by atoms with Crippen molar-refractivity contribution in [3.8, 4) is 5.75 Å². The van der Waals surface area contributed by atoms with Crippen LogP contribution >= 0.6 is 11.3 Å². The molecule has 2 heterocycles. The quantitative estimate of drug-likeness (QED) is 0.887. The highest BCUT2D eigenvalue weighted by molar-refractivity contribution is 7.18. The summed E-state index contributed by atoms with van der Waals surface area (Å²) in [5.74, 6) is 0.905. The van der Waals surface area contributed by atoms with Crippen LogP contribution in [0, 0.1) is 0 Å². The molecule has 1 aliphatic heterocycles. The number of methoxy groups -OCH3 is 1. The summed E-state index contributed by atoms with van der Waals surface area (Å²) >= 11 is 1.79. The van der Waals surface area contributed by atoms with Crippen molar-refractivity contribution in [1.29, 1.82) is 0 Å². The van der Waals surface area contributed by atoms with Gasteiger partial charge in [0.2, 0.25) is 0 Å². The average molecular weight is 248 g/mol. The molecule has 1 fully saturated rings. The molecule has 1 aromatic heterocycles. The Hall–Kier alpha value is -1.13. The molecule has 1 atom stereocenters.